The van der Waals surface area contributed by atoms with Crippen LogP contribution in [0.1, 0.15) is 0 Å². The van der Waals surface area contributed by atoms with Crippen molar-refractivity contribution >= 4 is 11.8 Å². The first-order chi connectivity index (χ1) is 9.36. The molecule has 2 aromatic carbocycles. The molecule has 0 aliphatic heterocycles. The molecular formula is C15H13N3S. The molecule has 3 nitrogen and oxygen atoms in total. The van der Waals surface area contributed by atoms with Gasteiger partial charge in [0.25, 0.3) is 0 Å². The lowest BCUT2D eigenvalue weighted by Crippen LogP contribution is -1.81. The summed E-state index contributed by atoms with van der Waals surface area (Å²) in [5.41, 5.74) is 2.07. The second-order valence-corrected chi connectivity index (χ2v) is 4.98. The van der Waals surface area contributed by atoms with Gasteiger partial charge >= 0.3 is 0 Å². The maximum Gasteiger partial charge on any atom is 0.181 e. The summed E-state index contributed by atoms with van der Waals surface area (Å²) < 4.78 is 0. The molecule has 94 valence electrons. The number of hydrogen-bond acceptors (Lipinski definition) is 3. The van der Waals surface area contributed by atoms with Crippen LogP contribution in [0, 0.1) is 0 Å². The maximum absolute atomic E-state index is 4.53. The lowest BCUT2D eigenvalue weighted by Gasteiger charge is -1.98. The number of hydrogen-bond donors (Lipinski definition) is 1. The molecule has 3 rings (SSSR count). The highest BCUT2D eigenvalue weighted by Gasteiger charge is 2.07. The summed E-state index contributed by atoms with van der Waals surface area (Å²) in [6, 6.07) is 18.3. The van der Waals surface area contributed by atoms with Crippen LogP contribution in [-0.4, -0.2) is 21.4 Å². The van der Waals surface area contributed by atoms with Crippen molar-refractivity contribution in [3.63, 3.8) is 0 Å². The summed E-state index contributed by atoms with van der Waals surface area (Å²) in [6.45, 7) is 0. The number of benzene rings is 2. The molecule has 1 aromatic heterocycles. The Bertz CT molecular complexity index is 659. The van der Waals surface area contributed by atoms with Crippen LogP contribution < -0.4 is 0 Å². The highest BCUT2D eigenvalue weighted by molar-refractivity contribution is 7.98. The van der Waals surface area contributed by atoms with Gasteiger partial charge in [-0.3, -0.25) is 5.10 Å². The molecule has 0 saturated heterocycles. The molecule has 0 amide bonds. The summed E-state index contributed by atoms with van der Waals surface area (Å²) >= 11 is 1.73. The van der Waals surface area contributed by atoms with Gasteiger partial charge in [0.15, 0.2) is 11.6 Å². The number of nitrogens with one attached hydrogen (secondary N) is 1. The third kappa shape index (κ3) is 2.53. The van der Waals surface area contributed by atoms with E-state index < -0.39 is 0 Å². The monoisotopic (exact) mass is 267 g/mol. The average Bonchev–Trinajstić information content (AvgIpc) is 2.98. The lowest BCUT2D eigenvalue weighted by atomic mass is 10.2. The second kappa shape index (κ2) is 5.28. The van der Waals surface area contributed by atoms with Crippen LogP contribution in [0.15, 0.2) is 59.5 Å². The molecule has 0 aliphatic rings. The van der Waals surface area contributed by atoms with Crippen LogP contribution in [-0.2, 0) is 0 Å². The van der Waals surface area contributed by atoms with E-state index in [-0.39, 0.29) is 0 Å². The Hall–Kier alpha value is -2.07. The van der Waals surface area contributed by atoms with Crippen LogP contribution in [0.2, 0.25) is 0 Å². The fourth-order valence-corrected chi connectivity index (χ4v) is 2.26. The Kier molecular flexibility index (Phi) is 3.33. The Morgan fingerprint density at radius 3 is 2.32 bits per heavy atom. The van der Waals surface area contributed by atoms with Crippen molar-refractivity contribution in [3.8, 4) is 22.8 Å². The van der Waals surface area contributed by atoms with Gasteiger partial charge < -0.3 is 0 Å². The van der Waals surface area contributed by atoms with Gasteiger partial charge in [-0.2, -0.15) is 5.10 Å². The minimum Gasteiger partial charge on any atom is -0.259 e. The third-order valence-electron chi connectivity index (χ3n) is 2.88. The Balaban J connectivity index is 1.92. The summed E-state index contributed by atoms with van der Waals surface area (Å²) in [4.78, 5) is 5.77. The summed E-state index contributed by atoms with van der Waals surface area (Å²) in [5, 5.41) is 7.25. The molecule has 0 aliphatic carbocycles. The van der Waals surface area contributed by atoms with E-state index in [0.29, 0.717) is 0 Å². The second-order valence-electron chi connectivity index (χ2n) is 4.10. The fourth-order valence-electron chi connectivity index (χ4n) is 1.86. The zero-order chi connectivity index (χ0) is 13.1. The molecular weight excluding hydrogens is 254 g/mol. The van der Waals surface area contributed by atoms with Gasteiger partial charge in [0.2, 0.25) is 0 Å². The van der Waals surface area contributed by atoms with E-state index in [1.165, 1.54) is 4.90 Å². The Morgan fingerprint density at radius 2 is 1.63 bits per heavy atom. The largest absolute Gasteiger partial charge is 0.259 e. The summed E-state index contributed by atoms with van der Waals surface area (Å²) in [5.74, 6) is 1.52. The zero-order valence-corrected chi connectivity index (χ0v) is 11.3. The van der Waals surface area contributed by atoms with E-state index in [0.717, 1.165) is 22.8 Å². The van der Waals surface area contributed by atoms with Gasteiger partial charge in [-0.1, -0.05) is 42.5 Å². The maximum atomic E-state index is 4.53. The summed E-state index contributed by atoms with van der Waals surface area (Å²) in [7, 11) is 0. The minimum absolute atomic E-state index is 0.726. The van der Waals surface area contributed by atoms with Crippen LogP contribution in [0.3, 0.4) is 0 Å². The number of nitrogens with zero attached hydrogens (tertiary/aromatic N) is 2. The van der Waals surface area contributed by atoms with Crippen LogP contribution in [0.4, 0.5) is 0 Å². The molecule has 0 spiro atoms. The van der Waals surface area contributed by atoms with Crippen LogP contribution >= 0.6 is 11.8 Å². The molecule has 0 fully saturated rings. The number of aromatic amines is 1. The fraction of sp³-hybridized carbons (Fsp3) is 0.0667. The molecule has 0 bridgehead atoms. The average molecular weight is 267 g/mol. The topological polar surface area (TPSA) is 41.6 Å². The molecule has 0 saturated carbocycles. The molecule has 4 heteroatoms. The van der Waals surface area contributed by atoms with E-state index >= 15 is 0 Å². The van der Waals surface area contributed by atoms with Crippen molar-refractivity contribution in [1.29, 1.82) is 0 Å². The standard InChI is InChI=1S/C15H13N3S/c1-19-13-9-7-12(8-10-13)15-16-14(17-18-15)11-5-3-2-4-6-11/h2-10H,1H3,(H,16,17,18). The SMILES string of the molecule is CSc1ccc(-c2nc(-c3ccccc3)n[nH]2)cc1. The number of H-pyrrole nitrogens is 1. The van der Waals surface area contributed by atoms with Gasteiger partial charge in [-0.05, 0) is 18.4 Å². The molecule has 19 heavy (non-hydrogen) atoms. The van der Waals surface area contributed by atoms with Crippen molar-refractivity contribution in [2.45, 2.75) is 4.90 Å². The van der Waals surface area contributed by atoms with Crippen LogP contribution in [0.5, 0.6) is 0 Å². The summed E-state index contributed by atoms with van der Waals surface area (Å²) in [6.07, 6.45) is 2.07. The Morgan fingerprint density at radius 1 is 0.895 bits per heavy atom. The predicted octanol–water partition coefficient (Wildman–Crippen LogP) is 3.86. The molecule has 0 radical (unpaired) electrons. The number of aromatic nitrogens is 3. The lowest BCUT2D eigenvalue weighted by molar-refractivity contribution is 1.10. The third-order valence-corrected chi connectivity index (χ3v) is 3.62. The zero-order valence-electron chi connectivity index (χ0n) is 10.5. The van der Waals surface area contributed by atoms with E-state index in [4.69, 9.17) is 0 Å². The van der Waals surface area contributed by atoms with Gasteiger partial charge in [0.1, 0.15) is 0 Å². The number of rotatable bonds is 3. The van der Waals surface area contributed by atoms with Gasteiger partial charge in [0, 0.05) is 16.0 Å². The quantitative estimate of drug-likeness (QED) is 0.733. The highest BCUT2D eigenvalue weighted by atomic mass is 32.2. The van der Waals surface area contributed by atoms with Crippen molar-refractivity contribution in [2.24, 2.45) is 0 Å². The van der Waals surface area contributed by atoms with E-state index in [1.54, 1.807) is 11.8 Å². The van der Waals surface area contributed by atoms with Gasteiger partial charge in [-0.25, -0.2) is 4.98 Å². The smallest absolute Gasteiger partial charge is 0.181 e. The van der Waals surface area contributed by atoms with Gasteiger partial charge in [0.05, 0.1) is 0 Å². The number of thioether (sulfide) groups is 1. The van der Waals surface area contributed by atoms with Crippen molar-refractivity contribution in [2.75, 3.05) is 6.26 Å². The molecule has 0 atom stereocenters. The first-order valence-electron chi connectivity index (χ1n) is 5.99. The van der Waals surface area contributed by atoms with Crippen molar-refractivity contribution < 1.29 is 0 Å². The van der Waals surface area contributed by atoms with E-state index in [2.05, 4.69) is 45.7 Å². The normalized spacial score (nSPS) is 10.6. The highest BCUT2D eigenvalue weighted by Crippen LogP contribution is 2.22. The first-order valence-corrected chi connectivity index (χ1v) is 7.21. The minimum atomic E-state index is 0.726. The van der Waals surface area contributed by atoms with Gasteiger partial charge in [-0.15, -0.1) is 11.8 Å². The van der Waals surface area contributed by atoms with E-state index in [1.807, 2.05) is 30.3 Å². The molecule has 1 N–H and O–H groups in total. The Labute approximate surface area is 116 Å². The van der Waals surface area contributed by atoms with Crippen molar-refractivity contribution in [3.05, 3.63) is 54.6 Å². The van der Waals surface area contributed by atoms with Crippen LogP contribution in [0.25, 0.3) is 22.8 Å². The first kappa shape index (κ1) is 12.0. The van der Waals surface area contributed by atoms with E-state index in [9.17, 15) is 0 Å². The molecule has 1 heterocycles. The van der Waals surface area contributed by atoms with Crippen molar-refractivity contribution in [1.82, 2.24) is 15.2 Å². The molecule has 0 unspecified atom stereocenters. The molecule has 3 aromatic rings. The predicted molar refractivity (Wildman–Crippen MR) is 79.0 cm³/mol.